The van der Waals surface area contributed by atoms with Crippen molar-refractivity contribution < 1.29 is 9.53 Å². The molecule has 0 bridgehead atoms. The molecule has 0 fully saturated rings. The van der Waals surface area contributed by atoms with Crippen molar-refractivity contribution in [3.8, 4) is 5.75 Å². The van der Waals surface area contributed by atoms with Crippen LogP contribution >= 0.6 is 23.2 Å². The van der Waals surface area contributed by atoms with E-state index < -0.39 is 0 Å². The molecule has 0 aliphatic rings. The summed E-state index contributed by atoms with van der Waals surface area (Å²) in [6.45, 7) is 8.07. The molecule has 0 radical (unpaired) electrons. The Hall–Kier alpha value is -1.71. The standard InChI is InChI=1S/C17H17Cl2NO2.C2H6/c1-9(2)12-6-10(4-5-15(12)22-3)17(21)16-13(18)7-11(20)8-14(16)19;1-2/h4-9H,20H2,1-3H3;1-2H3. The van der Waals surface area contributed by atoms with Crippen LogP contribution in [0.25, 0.3) is 0 Å². The fourth-order valence-electron chi connectivity index (χ4n) is 2.28. The Morgan fingerprint density at radius 3 is 2.08 bits per heavy atom. The fraction of sp³-hybridized carbons (Fsp3) is 0.316. The van der Waals surface area contributed by atoms with E-state index in [2.05, 4.69) is 0 Å². The number of ether oxygens (including phenoxy) is 1. The second-order valence-electron chi connectivity index (χ2n) is 5.30. The summed E-state index contributed by atoms with van der Waals surface area (Å²) >= 11 is 12.3. The number of nitrogen functional groups attached to an aromatic ring is 1. The highest BCUT2D eigenvalue weighted by Crippen LogP contribution is 2.32. The number of nitrogens with two attached hydrogens (primary N) is 1. The number of carbonyl (C=O) groups is 1. The molecular formula is C19H23Cl2NO2. The zero-order chi connectivity index (χ0) is 18.4. The Bertz CT molecular complexity index is 704. The van der Waals surface area contributed by atoms with Gasteiger partial charge in [0.05, 0.1) is 22.7 Å². The zero-order valence-corrected chi connectivity index (χ0v) is 16.1. The van der Waals surface area contributed by atoms with Crippen LogP contribution in [0.15, 0.2) is 30.3 Å². The van der Waals surface area contributed by atoms with E-state index in [1.54, 1.807) is 19.2 Å². The average molecular weight is 368 g/mol. The Kier molecular flexibility index (Phi) is 7.59. The molecule has 24 heavy (non-hydrogen) atoms. The van der Waals surface area contributed by atoms with Gasteiger partial charge < -0.3 is 10.5 Å². The topological polar surface area (TPSA) is 52.3 Å². The Balaban J connectivity index is 0.00000139. The van der Waals surface area contributed by atoms with Crippen molar-refractivity contribution in [1.82, 2.24) is 0 Å². The van der Waals surface area contributed by atoms with Crippen LogP contribution in [0.3, 0.4) is 0 Å². The SMILES string of the molecule is CC.COc1ccc(C(=O)c2c(Cl)cc(N)cc2Cl)cc1C(C)C. The number of anilines is 1. The molecule has 0 aliphatic heterocycles. The van der Waals surface area contributed by atoms with Crippen LogP contribution in [-0.4, -0.2) is 12.9 Å². The van der Waals surface area contributed by atoms with E-state index in [0.717, 1.165) is 11.3 Å². The summed E-state index contributed by atoms with van der Waals surface area (Å²) in [7, 11) is 1.61. The second-order valence-corrected chi connectivity index (χ2v) is 6.11. The molecule has 0 saturated heterocycles. The molecular weight excluding hydrogens is 345 g/mol. The summed E-state index contributed by atoms with van der Waals surface area (Å²) in [5.74, 6) is 0.737. The molecule has 0 saturated carbocycles. The summed E-state index contributed by atoms with van der Waals surface area (Å²) in [6, 6.07) is 8.34. The van der Waals surface area contributed by atoms with Gasteiger partial charge in [-0.1, -0.05) is 50.9 Å². The smallest absolute Gasteiger partial charge is 0.196 e. The maximum Gasteiger partial charge on any atom is 0.196 e. The number of halogens is 2. The molecule has 2 aromatic rings. The summed E-state index contributed by atoms with van der Waals surface area (Å²) in [6.07, 6.45) is 0. The first kappa shape index (κ1) is 20.3. The molecule has 0 heterocycles. The van der Waals surface area contributed by atoms with Gasteiger partial charge in [0.25, 0.3) is 0 Å². The maximum absolute atomic E-state index is 12.7. The highest BCUT2D eigenvalue weighted by Gasteiger charge is 2.19. The quantitative estimate of drug-likeness (QED) is 0.535. The third kappa shape index (κ3) is 4.43. The molecule has 0 aliphatic carbocycles. The van der Waals surface area contributed by atoms with Crippen LogP contribution in [0, 0.1) is 0 Å². The molecule has 3 nitrogen and oxygen atoms in total. The minimum absolute atomic E-state index is 0.222. The molecule has 0 amide bonds. The van der Waals surface area contributed by atoms with E-state index in [0.29, 0.717) is 11.3 Å². The lowest BCUT2D eigenvalue weighted by molar-refractivity contribution is 0.103. The first-order chi connectivity index (χ1) is 11.3. The van der Waals surface area contributed by atoms with Gasteiger partial charge >= 0.3 is 0 Å². The van der Waals surface area contributed by atoms with Crippen molar-refractivity contribution in [3.05, 3.63) is 57.1 Å². The largest absolute Gasteiger partial charge is 0.496 e. The third-order valence-electron chi connectivity index (χ3n) is 3.41. The van der Waals surface area contributed by atoms with E-state index in [-0.39, 0.29) is 27.3 Å². The van der Waals surface area contributed by atoms with Gasteiger partial charge in [0.2, 0.25) is 0 Å². The van der Waals surface area contributed by atoms with Crippen molar-refractivity contribution in [2.45, 2.75) is 33.6 Å². The molecule has 2 rings (SSSR count). The summed E-state index contributed by atoms with van der Waals surface area (Å²) in [4.78, 5) is 12.7. The lowest BCUT2D eigenvalue weighted by atomic mass is 9.95. The number of hydrogen-bond acceptors (Lipinski definition) is 3. The number of carbonyl (C=O) groups excluding carboxylic acids is 1. The van der Waals surface area contributed by atoms with Crippen LogP contribution in [0.5, 0.6) is 5.75 Å². The first-order valence-corrected chi connectivity index (χ1v) is 8.58. The predicted octanol–water partition coefficient (Wildman–Crippen LogP) is 5.96. The van der Waals surface area contributed by atoms with Crippen LogP contribution in [-0.2, 0) is 0 Å². The first-order valence-electron chi connectivity index (χ1n) is 7.82. The van der Waals surface area contributed by atoms with E-state index in [1.165, 1.54) is 12.1 Å². The lowest BCUT2D eigenvalue weighted by Gasteiger charge is -2.14. The molecule has 0 unspecified atom stereocenters. The third-order valence-corrected chi connectivity index (χ3v) is 4.00. The van der Waals surface area contributed by atoms with Gasteiger partial charge in [0, 0.05) is 11.3 Å². The van der Waals surface area contributed by atoms with Crippen LogP contribution < -0.4 is 10.5 Å². The zero-order valence-electron chi connectivity index (χ0n) is 14.6. The highest BCUT2D eigenvalue weighted by molar-refractivity contribution is 6.41. The van der Waals surface area contributed by atoms with E-state index in [9.17, 15) is 4.79 Å². The number of rotatable bonds is 4. The van der Waals surface area contributed by atoms with Crippen molar-refractivity contribution in [3.63, 3.8) is 0 Å². The highest BCUT2D eigenvalue weighted by atomic mass is 35.5. The van der Waals surface area contributed by atoms with Gasteiger partial charge in [-0.2, -0.15) is 0 Å². The predicted molar refractivity (Wildman–Crippen MR) is 103 cm³/mol. The van der Waals surface area contributed by atoms with Crippen LogP contribution in [0.4, 0.5) is 5.69 Å². The summed E-state index contributed by atoms with van der Waals surface area (Å²) < 4.78 is 5.33. The summed E-state index contributed by atoms with van der Waals surface area (Å²) in [5.41, 5.74) is 7.82. The fourth-order valence-corrected chi connectivity index (χ4v) is 2.96. The number of benzene rings is 2. The van der Waals surface area contributed by atoms with Crippen molar-refractivity contribution in [2.75, 3.05) is 12.8 Å². The lowest BCUT2D eigenvalue weighted by Crippen LogP contribution is -2.06. The normalized spacial score (nSPS) is 10.2. The van der Waals surface area contributed by atoms with Gasteiger partial charge in [-0.3, -0.25) is 4.79 Å². The van der Waals surface area contributed by atoms with E-state index in [1.807, 2.05) is 33.8 Å². The van der Waals surface area contributed by atoms with Gasteiger partial charge in [-0.15, -0.1) is 0 Å². The molecule has 5 heteroatoms. The Morgan fingerprint density at radius 1 is 1.08 bits per heavy atom. The average Bonchev–Trinajstić information content (AvgIpc) is 2.54. The maximum atomic E-state index is 12.7. The van der Waals surface area contributed by atoms with Gasteiger partial charge in [0.1, 0.15) is 5.75 Å². The number of methoxy groups -OCH3 is 1. The van der Waals surface area contributed by atoms with E-state index >= 15 is 0 Å². The second kappa shape index (κ2) is 8.95. The molecule has 2 aromatic carbocycles. The van der Waals surface area contributed by atoms with Gasteiger partial charge in [-0.05, 0) is 41.8 Å². The molecule has 0 atom stereocenters. The molecule has 2 N–H and O–H groups in total. The van der Waals surface area contributed by atoms with Crippen molar-refractivity contribution in [2.24, 2.45) is 0 Å². The number of ketones is 1. The Labute approximate surface area is 153 Å². The molecule has 0 aromatic heterocycles. The Morgan fingerprint density at radius 2 is 1.62 bits per heavy atom. The molecule has 130 valence electrons. The molecule has 0 spiro atoms. The van der Waals surface area contributed by atoms with E-state index in [4.69, 9.17) is 33.7 Å². The van der Waals surface area contributed by atoms with Crippen LogP contribution in [0.2, 0.25) is 10.0 Å². The minimum atomic E-state index is -0.237. The summed E-state index contributed by atoms with van der Waals surface area (Å²) in [5, 5.41) is 0.494. The van der Waals surface area contributed by atoms with Gasteiger partial charge in [-0.25, -0.2) is 0 Å². The minimum Gasteiger partial charge on any atom is -0.496 e. The van der Waals surface area contributed by atoms with Gasteiger partial charge in [0.15, 0.2) is 5.78 Å². The van der Waals surface area contributed by atoms with Crippen molar-refractivity contribution in [1.29, 1.82) is 0 Å². The van der Waals surface area contributed by atoms with Crippen LogP contribution in [0.1, 0.15) is 55.1 Å². The number of hydrogen-bond donors (Lipinski definition) is 1. The van der Waals surface area contributed by atoms with Crippen molar-refractivity contribution >= 4 is 34.7 Å². The monoisotopic (exact) mass is 367 g/mol.